The standard InChI is InChI=1S/C12H20N2S2/c1-12(2,3)11-14-10(8-16-11)7-15-6-9-4-13-5-9/h8-9,13H,4-7H2,1-3H3. The van der Waals surface area contributed by atoms with Crippen LogP contribution in [-0.4, -0.2) is 23.8 Å². The topological polar surface area (TPSA) is 24.9 Å². The smallest absolute Gasteiger partial charge is 0.0982 e. The van der Waals surface area contributed by atoms with Crippen LogP contribution in [0.4, 0.5) is 0 Å². The van der Waals surface area contributed by atoms with Crippen LogP contribution in [0.25, 0.3) is 0 Å². The Balaban J connectivity index is 1.78. The Labute approximate surface area is 106 Å². The van der Waals surface area contributed by atoms with Gasteiger partial charge in [-0.05, 0) is 24.8 Å². The Morgan fingerprint density at radius 1 is 1.50 bits per heavy atom. The number of nitrogens with zero attached hydrogens (tertiary/aromatic N) is 1. The number of thioether (sulfide) groups is 1. The highest BCUT2D eigenvalue weighted by atomic mass is 32.2. The van der Waals surface area contributed by atoms with Gasteiger partial charge in [0.1, 0.15) is 0 Å². The highest BCUT2D eigenvalue weighted by molar-refractivity contribution is 7.98. The lowest BCUT2D eigenvalue weighted by Gasteiger charge is -2.26. The van der Waals surface area contributed by atoms with Crippen molar-refractivity contribution in [3.63, 3.8) is 0 Å². The summed E-state index contributed by atoms with van der Waals surface area (Å²) in [7, 11) is 0. The summed E-state index contributed by atoms with van der Waals surface area (Å²) < 4.78 is 0. The van der Waals surface area contributed by atoms with Gasteiger partial charge in [-0.15, -0.1) is 11.3 Å². The first-order valence-corrected chi connectivity index (χ1v) is 7.82. The largest absolute Gasteiger partial charge is 0.316 e. The van der Waals surface area contributed by atoms with E-state index in [2.05, 4.69) is 31.5 Å². The third kappa shape index (κ3) is 3.22. The normalized spacial score (nSPS) is 17.4. The molecule has 1 aromatic rings. The van der Waals surface area contributed by atoms with Crippen molar-refractivity contribution in [2.45, 2.75) is 31.9 Å². The van der Waals surface area contributed by atoms with Crippen molar-refractivity contribution in [1.29, 1.82) is 0 Å². The van der Waals surface area contributed by atoms with Crippen LogP contribution in [0.2, 0.25) is 0 Å². The van der Waals surface area contributed by atoms with Gasteiger partial charge in [-0.2, -0.15) is 11.8 Å². The summed E-state index contributed by atoms with van der Waals surface area (Å²) in [6, 6.07) is 0. The van der Waals surface area contributed by atoms with E-state index < -0.39 is 0 Å². The second-order valence-corrected chi connectivity index (χ2v) is 7.32. The van der Waals surface area contributed by atoms with Gasteiger partial charge in [0, 0.05) is 16.5 Å². The molecule has 1 aliphatic heterocycles. The molecule has 2 heterocycles. The molecule has 1 aliphatic rings. The molecule has 0 aliphatic carbocycles. The van der Waals surface area contributed by atoms with Crippen LogP contribution in [0.15, 0.2) is 5.38 Å². The van der Waals surface area contributed by atoms with Crippen LogP contribution in [-0.2, 0) is 11.2 Å². The van der Waals surface area contributed by atoms with Crippen LogP contribution in [0.1, 0.15) is 31.5 Å². The molecule has 2 rings (SSSR count). The Hall–Kier alpha value is -0.0600. The quantitative estimate of drug-likeness (QED) is 0.896. The number of rotatable bonds is 4. The Bertz CT molecular complexity index is 337. The van der Waals surface area contributed by atoms with E-state index in [0.717, 1.165) is 11.7 Å². The van der Waals surface area contributed by atoms with Crippen LogP contribution in [0.3, 0.4) is 0 Å². The minimum Gasteiger partial charge on any atom is -0.316 e. The lowest BCUT2D eigenvalue weighted by molar-refractivity contribution is 0.385. The van der Waals surface area contributed by atoms with E-state index in [9.17, 15) is 0 Å². The van der Waals surface area contributed by atoms with Crippen molar-refractivity contribution in [3.8, 4) is 0 Å². The molecule has 4 heteroatoms. The Morgan fingerprint density at radius 2 is 2.25 bits per heavy atom. The highest BCUT2D eigenvalue weighted by Gasteiger charge is 2.19. The third-order valence-electron chi connectivity index (χ3n) is 2.66. The minimum atomic E-state index is 0.200. The van der Waals surface area contributed by atoms with E-state index in [4.69, 9.17) is 4.98 Å². The number of hydrogen-bond donors (Lipinski definition) is 1. The molecule has 0 radical (unpaired) electrons. The van der Waals surface area contributed by atoms with Crippen molar-refractivity contribution in [2.24, 2.45) is 5.92 Å². The van der Waals surface area contributed by atoms with Gasteiger partial charge < -0.3 is 5.32 Å². The molecule has 16 heavy (non-hydrogen) atoms. The van der Waals surface area contributed by atoms with Gasteiger partial charge in [-0.1, -0.05) is 20.8 Å². The number of hydrogen-bond acceptors (Lipinski definition) is 4. The van der Waals surface area contributed by atoms with Gasteiger partial charge in [0.05, 0.1) is 10.7 Å². The second kappa shape index (κ2) is 5.07. The Kier molecular flexibility index (Phi) is 3.93. The first-order valence-electron chi connectivity index (χ1n) is 5.79. The van der Waals surface area contributed by atoms with Gasteiger partial charge in [0.25, 0.3) is 0 Å². The molecule has 1 saturated heterocycles. The molecule has 0 bridgehead atoms. The molecule has 90 valence electrons. The molecule has 1 fully saturated rings. The lowest BCUT2D eigenvalue weighted by Crippen LogP contribution is -2.43. The van der Waals surface area contributed by atoms with E-state index in [1.165, 1.54) is 29.5 Å². The summed E-state index contributed by atoms with van der Waals surface area (Å²) in [6.07, 6.45) is 0. The predicted octanol–water partition coefficient (Wildman–Crippen LogP) is 2.89. The van der Waals surface area contributed by atoms with E-state index >= 15 is 0 Å². The molecular weight excluding hydrogens is 236 g/mol. The fraction of sp³-hybridized carbons (Fsp3) is 0.750. The Morgan fingerprint density at radius 3 is 2.75 bits per heavy atom. The van der Waals surface area contributed by atoms with Gasteiger partial charge >= 0.3 is 0 Å². The molecule has 0 atom stereocenters. The first kappa shape index (κ1) is 12.4. The van der Waals surface area contributed by atoms with Crippen LogP contribution in [0, 0.1) is 5.92 Å². The maximum Gasteiger partial charge on any atom is 0.0982 e. The zero-order valence-corrected chi connectivity index (χ0v) is 11.9. The SMILES string of the molecule is CC(C)(C)c1nc(CSCC2CNC2)cs1. The summed E-state index contributed by atoms with van der Waals surface area (Å²) in [5, 5.41) is 6.78. The van der Waals surface area contributed by atoms with Gasteiger partial charge in [-0.25, -0.2) is 4.98 Å². The third-order valence-corrected chi connectivity index (χ3v) is 5.19. The van der Waals surface area contributed by atoms with Crippen molar-refractivity contribution < 1.29 is 0 Å². The number of aromatic nitrogens is 1. The zero-order chi connectivity index (χ0) is 11.6. The van der Waals surface area contributed by atoms with Gasteiger partial charge in [0.15, 0.2) is 0 Å². The summed E-state index contributed by atoms with van der Waals surface area (Å²) in [4.78, 5) is 4.70. The summed E-state index contributed by atoms with van der Waals surface area (Å²) in [5.74, 6) is 3.24. The molecule has 0 saturated carbocycles. The van der Waals surface area contributed by atoms with Crippen LogP contribution in [0.5, 0.6) is 0 Å². The molecule has 0 unspecified atom stereocenters. The van der Waals surface area contributed by atoms with Crippen molar-refractivity contribution >= 4 is 23.1 Å². The van der Waals surface area contributed by atoms with Crippen molar-refractivity contribution in [2.75, 3.05) is 18.8 Å². The van der Waals surface area contributed by atoms with E-state index in [1.54, 1.807) is 11.3 Å². The van der Waals surface area contributed by atoms with E-state index in [-0.39, 0.29) is 5.41 Å². The van der Waals surface area contributed by atoms with Crippen LogP contribution >= 0.6 is 23.1 Å². The predicted molar refractivity (Wildman–Crippen MR) is 73.3 cm³/mol. The fourth-order valence-corrected chi connectivity index (χ4v) is 3.57. The average molecular weight is 256 g/mol. The van der Waals surface area contributed by atoms with Crippen LogP contribution < -0.4 is 5.32 Å². The van der Waals surface area contributed by atoms with Gasteiger partial charge in [0.2, 0.25) is 0 Å². The fourth-order valence-electron chi connectivity index (χ4n) is 1.51. The average Bonchev–Trinajstić information content (AvgIpc) is 2.56. The summed E-state index contributed by atoms with van der Waals surface area (Å²) in [5.41, 5.74) is 1.46. The van der Waals surface area contributed by atoms with Crippen molar-refractivity contribution in [3.05, 3.63) is 16.1 Å². The van der Waals surface area contributed by atoms with E-state index in [1.807, 2.05) is 11.8 Å². The first-order chi connectivity index (χ1) is 7.55. The maximum absolute atomic E-state index is 4.70. The molecule has 2 nitrogen and oxygen atoms in total. The van der Waals surface area contributed by atoms with Gasteiger partial charge in [-0.3, -0.25) is 0 Å². The molecule has 0 amide bonds. The van der Waals surface area contributed by atoms with Crippen molar-refractivity contribution in [1.82, 2.24) is 10.3 Å². The maximum atomic E-state index is 4.70. The minimum absolute atomic E-state index is 0.200. The lowest BCUT2D eigenvalue weighted by atomic mass is 9.98. The molecule has 0 spiro atoms. The zero-order valence-electron chi connectivity index (χ0n) is 10.2. The highest BCUT2D eigenvalue weighted by Crippen LogP contribution is 2.27. The molecular formula is C12H20N2S2. The monoisotopic (exact) mass is 256 g/mol. The molecule has 1 aromatic heterocycles. The second-order valence-electron chi connectivity index (χ2n) is 5.43. The summed E-state index contributed by atoms with van der Waals surface area (Å²) in [6.45, 7) is 9.09. The molecule has 0 aromatic carbocycles. The number of nitrogens with one attached hydrogen (secondary N) is 1. The molecule has 1 N–H and O–H groups in total. The number of thiazole rings is 1. The van der Waals surface area contributed by atoms with E-state index in [0.29, 0.717) is 0 Å². The summed E-state index contributed by atoms with van der Waals surface area (Å²) >= 11 is 3.82.